The highest BCUT2D eigenvalue weighted by Crippen LogP contribution is 2.37. The second-order valence-corrected chi connectivity index (χ2v) is 4.26. The van der Waals surface area contributed by atoms with Crippen LogP contribution in [0.15, 0.2) is 12.7 Å². The van der Waals surface area contributed by atoms with Crippen molar-refractivity contribution < 1.29 is 5.11 Å². The number of β-amino-alcohol motifs (C(OH)–C–C–N with tert-alkyl or cyclic N) is 1. The molecule has 0 aromatic heterocycles. The lowest BCUT2D eigenvalue weighted by Crippen LogP contribution is -2.33. The average molecular weight is 167 g/mol. The summed E-state index contributed by atoms with van der Waals surface area (Å²) >= 11 is 0. The van der Waals surface area contributed by atoms with E-state index in [4.69, 9.17) is 0 Å². The van der Waals surface area contributed by atoms with Gasteiger partial charge in [0.15, 0.2) is 0 Å². The molecule has 0 spiro atoms. The standard InChI is InChI=1S/C10H17NO/c1-3-10(12)6-8(2)11(7-10)9-4-5-9/h3,8-9,12H,1,4-7H2,2H3. The fourth-order valence-corrected chi connectivity index (χ4v) is 2.21. The van der Waals surface area contributed by atoms with Crippen LogP contribution >= 0.6 is 0 Å². The van der Waals surface area contributed by atoms with Gasteiger partial charge >= 0.3 is 0 Å². The molecule has 0 radical (unpaired) electrons. The van der Waals surface area contributed by atoms with Crippen molar-refractivity contribution >= 4 is 0 Å². The predicted molar refractivity (Wildman–Crippen MR) is 49.0 cm³/mol. The highest BCUT2D eigenvalue weighted by molar-refractivity contribution is 5.08. The van der Waals surface area contributed by atoms with Crippen molar-refractivity contribution in [2.75, 3.05) is 6.54 Å². The molecule has 1 heterocycles. The van der Waals surface area contributed by atoms with Gasteiger partial charge in [0.05, 0.1) is 5.60 Å². The molecule has 1 saturated heterocycles. The van der Waals surface area contributed by atoms with Crippen molar-refractivity contribution in [2.45, 2.75) is 43.9 Å². The molecular formula is C10H17NO. The van der Waals surface area contributed by atoms with Crippen molar-refractivity contribution in [3.05, 3.63) is 12.7 Å². The lowest BCUT2D eigenvalue weighted by Gasteiger charge is -2.20. The van der Waals surface area contributed by atoms with E-state index in [2.05, 4.69) is 18.4 Å². The van der Waals surface area contributed by atoms with Crippen LogP contribution in [-0.4, -0.2) is 34.2 Å². The molecule has 0 aromatic carbocycles. The van der Waals surface area contributed by atoms with E-state index >= 15 is 0 Å². The summed E-state index contributed by atoms with van der Waals surface area (Å²) in [6.45, 7) is 6.67. The van der Waals surface area contributed by atoms with Gasteiger partial charge in [-0.15, -0.1) is 6.58 Å². The molecule has 0 bridgehead atoms. The SMILES string of the molecule is C=CC1(O)CC(C)N(C2CC2)C1. The van der Waals surface area contributed by atoms with Crippen molar-refractivity contribution in [3.8, 4) is 0 Å². The van der Waals surface area contributed by atoms with Crippen LogP contribution in [0.4, 0.5) is 0 Å². The largest absolute Gasteiger partial charge is 0.384 e. The van der Waals surface area contributed by atoms with Gasteiger partial charge in [-0.05, 0) is 26.2 Å². The molecule has 2 heteroatoms. The van der Waals surface area contributed by atoms with Crippen LogP contribution in [0.25, 0.3) is 0 Å². The number of likely N-dealkylation sites (tertiary alicyclic amines) is 1. The Morgan fingerprint density at radius 1 is 1.58 bits per heavy atom. The zero-order chi connectivity index (χ0) is 8.77. The maximum absolute atomic E-state index is 9.96. The third kappa shape index (κ3) is 1.29. The average Bonchev–Trinajstić information content (AvgIpc) is 2.80. The Morgan fingerprint density at radius 2 is 2.25 bits per heavy atom. The Bertz CT molecular complexity index is 200. The molecular weight excluding hydrogens is 150 g/mol. The molecule has 68 valence electrons. The summed E-state index contributed by atoms with van der Waals surface area (Å²) in [5, 5.41) is 9.96. The minimum atomic E-state index is -0.609. The van der Waals surface area contributed by atoms with E-state index in [-0.39, 0.29) is 0 Å². The molecule has 1 N–H and O–H groups in total. The second kappa shape index (κ2) is 2.57. The van der Waals surface area contributed by atoms with Gasteiger partial charge in [0, 0.05) is 18.6 Å². The highest BCUT2D eigenvalue weighted by Gasteiger charge is 2.44. The zero-order valence-electron chi connectivity index (χ0n) is 7.66. The Labute approximate surface area is 73.9 Å². The Morgan fingerprint density at radius 3 is 2.67 bits per heavy atom. The van der Waals surface area contributed by atoms with Gasteiger partial charge in [-0.1, -0.05) is 6.08 Å². The first kappa shape index (κ1) is 8.27. The summed E-state index contributed by atoms with van der Waals surface area (Å²) in [4.78, 5) is 2.42. The second-order valence-electron chi connectivity index (χ2n) is 4.26. The smallest absolute Gasteiger partial charge is 0.0966 e. The van der Waals surface area contributed by atoms with E-state index in [1.165, 1.54) is 12.8 Å². The zero-order valence-corrected chi connectivity index (χ0v) is 7.66. The first-order valence-corrected chi connectivity index (χ1v) is 4.76. The first-order valence-electron chi connectivity index (χ1n) is 4.76. The molecule has 0 aromatic rings. The van der Waals surface area contributed by atoms with Crippen LogP contribution in [0.3, 0.4) is 0 Å². The monoisotopic (exact) mass is 167 g/mol. The predicted octanol–water partition coefficient (Wildman–Crippen LogP) is 1.16. The van der Waals surface area contributed by atoms with Crippen LogP contribution in [0, 0.1) is 0 Å². The molecule has 12 heavy (non-hydrogen) atoms. The lowest BCUT2D eigenvalue weighted by molar-refractivity contribution is 0.0975. The quantitative estimate of drug-likeness (QED) is 0.624. The van der Waals surface area contributed by atoms with E-state index in [0.717, 1.165) is 19.0 Å². The summed E-state index contributed by atoms with van der Waals surface area (Å²) in [5.41, 5.74) is -0.609. The molecule has 0 amide bonds. The number of rotatable bonds is 2. The Kier molecular flexibility index (Phi) is 1.77. The number of hydrogen-bond donors (Lipinski definition) is 1. The topological polar surface area (TPSA) is 23.5 Å². The molecule has 1 aliphatic heterocycles. The van der Waals surface area contributed by atoms with Gasteiger partial charge in [-0.2, -0.15) is 0 Å². The summed E-state index contributed by atoms with van der Waals surface area (Å²) in [6, 6.07) is 1.29. The molecule has 2 fully saturated rings. The summed E-state index contributed by atoms with van der Waals surface area (Å²) < 4.78 is 0. The molecule has 2 unspecified atom stereocenters. The van der Waals surface area contributed by atoms with Crippen LogP contribution < -0.4 is 0 Å². The van der Waals surface area contributed by atoms with Gasteiger partial charge in [-0.25, -0.2) is 0 Å². The van der Waals surface area contributed by atoms with E-state index in [1.54, 1.807) is 6.08 Å². The van der Waals surface area contributed by atoms with E-state index in [9.17, 15) is 5.11 Å². The van der Waals surface area contributed by atoms with Crippen LogP contribution in [0.2, 0.25) is 0 Å². The fourth-order valence-electron chi connectivity index (χ4n) is 2.21. The molecule has 1 saturated carbocycles. The lowest BCUT2D eigenvalue weighted by atomic mass is 10.0. The van der Waals surface area contributed by atoms with Crippen LogP contribution in [-0.2, 0) is 0 Å². The number of hydrogen-bond acceptors (Lipinski definition) is 2. The maximum Gasteiger partial charge on any atom is 0.0966 e. The van der Waals surface area contributed by atoms with Gasteiger partial charge in [-0.3, -0.25) is 4.90 Å². The summed E-state index contributed by atoms with van der Waals surface area (Å²) in [5.74, 6) is 0. The van der Waals surface area contributed by atoms with Crippen molar-refractivity contribution in [2.24, 2.45) is 0 Å². The fraction of sp³-hybridized carbons (Fsp3) is 0.800. The molecule has 2 aliphatic rings. The summed E-state index contributed by atoms with van der Waals surface area (Å²) in [6.07, 6.45) is 5.19. The third-order valence-electron chi connectivity index (χ3n) is 3.07. The van der Waals surface area contributed by atoms with Gasteiger partial charge in [0.2, 0.25) is 0 Å². The minimum Gasteiger partial charge on any atom is -0.384 e. The molecule has 2 nitrogen and oxygen atoms in total. The van der Waals surface area contributed by atoms with E-state index < -0.39 is 5.60 Å². The maximum atomic E-state index is 9.96. The van der Waals surface area contributed by atoms with Gasteiger partial charge < -0.3 is 5.11 Å². The van der Waals surface area contributed by atoms with Crippen molar-refractivity contribution in [3.63, 3.8) is 0 Å². The first-order chi connectivity index (χ1) is 5.64. The summed E-state index contributed by atoms with van der Waals surface area (Å²) in [7, 11) is 0. The Balaban J connectivity index is 2.05. The Hall–Kier alpha value is -0.340. The normalized spacial score (nSPS) is 43.3. The van der Waals surface area contributed by atoms with Gasteiger partial charge in [0.25, 0.3) is 0 Å². The van der Waals surface area contributed by atoms with Crippen LogP contribution in [0.1, 0.15) is 26.2 Å². The van der Waals surface area contributed by atoms with Crippen molar-refractivity contribution in [1.29, 1.82) is 0 Å². The highest BCUT2D eigenvalue weighted by atomic mass is 16.3. The van der Waals surface area contributed by atoms with E-state index in [1.807, 2.05) is 0 Å². The molecule has 1 aliphatic carbocycles. The number of nitrogens with zero attached hydrogens (tertiary/aromatic N) is 1. The third-order valence-corrected chi connectivity index (χ3v) is 3.07. The van der Waals surface area contributed by atoms with Crippen molar-refractivity contribution in [1.82, 2.24) is 4.90 Å². The molecule has 2 atom stereocenters. The molecule has 2 rings (SSSR count). The van der Waals surface area contributed by atoms with Crippen LogP contribution in [0.5, 0.6) is 0 Å². The van der Waals surface area contributed by atoms with Gasteiger partial charge in [0.1, 0.15) is 0 Å². The number of aliphatic hydroxyl groups is 1. The minimum absolute atomic E-state index is 0.528. The van der Waals surface area contributed by atoms with E-state index in [0.29, 0.717) is 6.04 Å².